The summed E-state index contributed by atoms with van der Waals surface area (Å²) in [6.45, 7) is 1.15. The Labute approximate surface area is 192 Å². The van der Waals surface area contributed by atoms with Gasteiger partial charge in [-0.3, -0.25) is 9.59 Å². The molecule has 4 aromatic rings. The molecule has 5 nitrogen and oxygen atoms in total. The van der Waals surface area contributed by atoms with E-state index < -0.39 is 0 Å². The van der Waals surface area contributed by atoms with E-state index in [1.165, 1.54) is 11.8 Å². The molecule has 33 heavy (non-hydrogen) atoms. The highest BCUT2D eigenvalue weighted by Crippen LogP contribution is 2.24. The van der Waals surface area contributed by atoms with Crippen LogP contribution in [0.15, 0.2) is 95.6 Å². The molecule has 1 aliphatic rings. The fourth-order valence-electron chi connectivity index (χ4n) is 4.20. The fourth-order valence-corrected chi connectivity index (χ4v) is 4.20. The molecular formula is C28H24N2O3. The number of hydrogen-bond donors (Lipinski definition) is 1. The lowest BCUT2D eigenvalue weighted by molar-refractivity contribution is -0.115. The molecule has 0 radical (unpaired) electrons. The van der Waals surface area contributed by atoms with Crippen LogP contribution in [0.2, 0.25) is 0 Å². The van der Waals surface area contributed by atoms with Gasteiger partial charge in [0, 0.05) is 18.8 Å². The van der Waals surface area contributed by atoms with Crippen molar-refractivity contribution in [3.8, 4) is 11.1 Å². The number of carbonyl (C=O) groups is 2. The van der Waals surface area contributed by atoms with Crippen LogP contribution in [0.4, 0.5) is 5.69 Å². The van der Waals surface area contributed by atoms with Gasteiger partial charge in [-0.2, -0.15) is 0 Å². The maximum absolute atomic E-state index is 12.6. The lowest BCUT2D eigenvalue weighted by atomic mass is 9.98. The number of rotatable bonds is 5. The highest BCUT2D eigenvalue weighted by atomic mass is 16.3. The third-order valence-electron chi connectivity index (χ3n) is 5.95. The Balaban J connectivity index is 1.22. The second kappa shape index (κ2) is 9.17. The van der Waals surface area contributed by atoms with Gasteiger partial charge in [-0.25, -0.2) is 0 Å². The molecule has 1 aromatic heterocycles. The van der Waals surface area contributed by atoms with Gasteiger partial charge in [0.1, 0.15) is 0 Å². The van der Waals surface area contributed by atoms with Gasteiger partial charge in [0.05, 0.1) is 12.7 Å². The summed E-state index contributed by atoms with van der Waals surface area (Å²) in [5.41, 5.74) is 6.23. The van der Waals surface area contributed by atoms with E-state index in [2.05, 4.69) is 17.4 Å². The van der Waals surface area contributed by atoms with Crippen molar-refractivity contribution in [2.45, 2.75) is 19.4 Å². The van der Waals surface area contributed by atoms with Gasteiger partial charge < -0.3 is 14.6 Å². The van der Waals surface area contributed by atoms with Gasteiger partial charge in [0.25, 0.3) is 5.91 Å². The number of anilines is 1. The average molecular weight is 437 g/mol. The molecule has 0 aliphatic carbocycles. The minimum atomic E-state index is -0.112. The number of fused-ring (bicyclic) bond motifs is 1. The smallest absolute Gasteiger partial charge is 0.289 e. The number of carbonyl (C=O) groups excluding carboxylic acids is 2. The average Bonchev–Trinajstić information content (AvgIpc) is 3.39. The monoisotopic (exact) mass is 436 g/mol. The maximum Gasteiger partial charge on any atom is 0.289 e. The largest absolute Gasteiger partial charge is 0.459 e. The molecule has 0 saturated carbocycles. The SMILES string of the molecule is O=C(Cc1ccc(-c2ccccc2)cc1)Nc1ccc2c(c1)CN(C(=O)c1ccco1)CC2. The Morgan fingerprint density at radius 2 is 1.64 bits per heavy atom. The van der Waals surface area contributed by atoms with Crippen molar-refractivity contribution in [2.75, 3.05) is 11.9 Å². The first kappa shape index (κ1) is 20.8. The van der Waals surface area contributed by atoms with Crippen molar-refractivity contribution in [3.63, 3.8) is 0 Å². The topological polar surface area (TPSA) is 62.6 Å². The van der Waals surface area contributed by atoms with E-state index >= 15 is 0 Å². The van der Waals surface area contributed by atoms with Gasteiger partial charge in [0.2, 0.25) is 5.91 Å². The van der Waals surface area contributed by atoms with E-state index in [0.717, 1.165) is 34.4 Å². The molecule has 1 N–H and O–H groups in total. The molecule has 0 unspecified atom stereocenters. The highest BCUT2D eigenvalue weighted by Gasteiger charge is 2.23. The first-order valence-electron chi connectivity index (χ1n) is 11.0. The molecule has 0 fully saturated rings. The van der Waals surface area contributed by atoms with Gasteiger partial charge in [-0.1, -0.05) is 60.7 Å². The van der Waals surface area contributed by atoms with Crippen molar-refractivity contribution < 1.29 is 14.0 Å². The van der Waals surface area contributed by atoms with Crippen LogP contribution in [0.25, 0.3) is 11.1 Å². The van der Waals surface area contributed by atoms with Crippen molar-refractivity contribution in [2.24, 2.45) is 0 Å². The molecule has 0 bridgehead atoms. The van der Waals surface area contributed by atoms with Gasteiger partial charge in [0.15, 0.2) is 5.76 Å². The molecule has 3 aromatic carbocycles. The molecule has 5 heteroatoms. The van der Waals surface area contributed by atoms with Crippen molar-refractivity contribution >= 4 is 17.5 Å². The summed E-state index contributed by atoms with van der Waals surface area (Å²) in [5, 5.41) is 3.00. The molecular weight excluding hydrogens is 412 g/mol. The summed E-state index contributed by atoms with van der Waals surface area (Å²) in [4.78, 5) is 27.0. The van der Waals surface area contributed by atoms with Crippen LogP contribution in [0.1, 0.15) is 27.2 Å². The number of nitrogens with one attached hydrogen (secondary N) is 1. The van der Waals surface area contributed by atoms with E-state index in [1.807, 2.05) is 60.7 Å². The maximum atomic E-state index is 12.6. The van der Waals surface area contributed by atoms with Crippen LogP contribution in [0, 0.1) is 0 Å². The minimum absolute atomic E-state index is 0.0678. The summed E-state index contributed by atoms with van der Waals surface area (Å²) in [6, 6.07) is 27.6. The number of benzene rings is 3. The number of hydrogen-bond acceptors (Lipinski definition) is 3. The van der Waals surface area contributed by atoms with Gasteiger partial charge >= 0.3 is 0 Å². The second-order valence-corrected chi connectivity index (χ2v) is 8.23. The lowest BCUT2D eigenvalue weighted by Crippen LogP contribution is -2.35. The summed E-state index contributed by atoms with van der Waals surface area (Å²) < 4.78 is 5.25. The second-order valence-electron chi connectivity index (χ2n) is 8.23. The number of amides is 2. The summed E-state index contributed by atoms with van der Waals surface area (Å²) in [5.74, 6) is 0.168. The Hall–Kier alpha value is -4.12. The normalized spacial score (nSPS) is 12.8. The van der Waals surface area contributed by atoms with Crippen LogP contribution in [-0.2, 0) is 24.2 Å². The first-order valence-corrected chi connectivity index (χ1v) is 11.0. The van der Waals surface area contributed by atoms with Gasteiger partial charge in [-0.05, 0) is 58.5 Å². The van der Waals surface area contributed by atoms with Crippen molar-refractivity contribution in [1.29, 1.82) is 0 Å². The molecule has 0 saturated heterocycles. The summed E-state index contributed by atoms with van der Waals surface area (Å²) in [7, 11) is 0. The Kier molecular flexibility index (Phi) is 5.77. The molecule has 2 heterocycles. The Bertz CT molecular complexity index is 1260. The standard InChI is InChI=1S/C28H24N2O3/c31-27(17-20-8-10-22(11-9-20)21-5-2-1-3-6-21)29-25-13-12-23-14-15-30(19-24(23)18-25)28(32)26-7-4-16-33-26/h1-13,16,18H,14-15,17,19H2,(H,29,31). The summed E-state index contributed by atoms with van der Waals surface area (Å²) >= 11 is 0. The molecule has 5 rings (SSSR count). The lowest BCUT2D eigenvalue weighted by Gasteiger charge is -2.28. The van der Waals surface area contributed by atoms with E-state index in [1.54, 1.807) is 17.0 Å². The van der Waals surface area contributed by atoms with E-state index in [9.17, 15) is 9.59 Å². The number of furan rings is 1. The third kappa shape index (κ3) is 4.72. The van der Waals surface area contributed by atoms with Crippen LogP contribution < -0.4 is 5.32 Å². The zero-order chi connectivity index (χ0) is 22.6. The van der Waals surface area contributed by atoms with Crippen molar-refractivity contribution in [3.05, 3.63) is 114 Å². The molecule has 164 valence electrons. The molecule has 0 atom stereocenters. The first-order chi connectivity index (χ1) is 16.2. The van der Waals surface area contributed by atoms with E-state index in [-0.39, 0.29) is 11.8 Å². The fraction of sp³-hybridized carbons (Fsp3) is 0.143. The van der Waals surface area contributed by atoms with Gasteiger partial charge in [-0.15, -0.1) is 0 Å². The minimum Gasteiger partial charge on any atom is -0.459 e. The predicted molar refractivity (Wildman–Crippen MR) is 128 cm³/mol. The quantitative estimate of drug-likeness (QED) is 0.460. The summed E-state index contributed by atoms with van der Waals surface area (Å²) in [6.07, 6.45) is 2.59. The van der Waals surface area contributed by atoms with Crippen molar-refractivity contribution in [1.82, 2.24) is 4.90 Å². The number of nitrogens with zero attached hydrogens (tertiary/aromatic N) is 1. The predicted octanol–water partition coefficient (Wildman–Crippen LogP) is 5.33. The molecule has 2 amide bonds. The zero-order valence-corrected chi connectivity index (χ0v) is 18.2. The Morgan fingerprint density at radius 1 is 0.848 bits per heavy atom. The zero-order valence-electron chi connectivity index (χ0n) is 18.2. The third-order valence-corrected chi connectivity index (χ3v) is 5.95. The Morgan fingerprint density at radius 3 is 2.39 bits per heavy atom. The van der Waals surface area contributed by atoms with Crippen LogP contribution in [0.3, 0.4) is 0 Å². The van der Waals surface area contributed by atoms with Crippen LogP contribution >= 0.6 is 0 Å². The molecule has 0 spiro atoms. The molecule has 1 aliphatic heterocycles. The van der Waals surface area contributed by atoms with Crippen LogP contribution in [0.5, 0.6) is 0 Å². The highest BCUT2D eigenvalue weighted by molar-refractivity contribution is 5.93. The van der Waals surface area contributed by atoms with E-state index in [4.69, 9.17) is 4.42 Å². The van der Waals surface area contributed by atoms with E-state index in [0.29, 0.717) is 25.3 Å². The van der Waals surface area contributed by atoms with Crippen LogP contribution in [-0.4, -0.2) is 23.3 Å².